The first kappa shape index (κ1) is 13.6. The van der Waals surface area contributed by atoms with E-state index in [0.717, 1.165) is 23.4 Å². The molecule has 0 saturated carbocycles. The number of benzene rings is 1. The maximum absolute atomic E-state index is 4.43. The van der Waals surface area contributed by atoms with Crippen molar-refractivity contribution in [2.75, 3.05) is 0 Å². The van der Waals surface area contributed by atoms with Crippen molar-refractivity contribution in [1.82, 2.24) is 10.2 Å². The minimum absolute atomic E-state index is 0.455. The van der Waals surface area contributed by atoms with Crippen LogP contribution in [0.3, 0.4) is 0 Å². The lowest BCUT2D eigenvalue weighted by Crippen LogP contribution is -2.35. The van der Waals surface area contributed by atoms with E-state index in [1.54, 1.807) is 0 Å². The SMILES string of the molecule is CC(C)[n+]1cccc(-c2cc(Cc3ccccc3)n[nH]2)c1. The minimum Gasteiger partial charge on any atom is -0.277 e. The van der Waals surface area contributed by atoms with E-state index in [1.165, 1.54) is 5.56 Å². The molecule has 0 bridgehead atoms. The van der Waals surface area contributed by atoms with Gasteiger partial charge in [-0.2, -0.15) is 5.10 Å². The molecule has 3 nitrogen and oxygen atoms in total. The fraction of sp³-hybridized carbons (Fsp3) is 0.222. The summed E-state index contributed by atoms with van der Waals surface area (Å²) in [7, 11) is 0. The van der Waals surface area contributed by atoms with Crippen LogP contribution in [-0.2, 0) is 6.42 Å². The highest BCUT2D eigenvalue weighted by Crippen LogP contribution is 2.17. The summed E-state index contributed by atoms with van der Waals surface area (Å²) in [6.07, 6.45) is 5.11. The van der Waals surface area contributed by atoms with Gasteiger partial charge in [-0.15, -0.1) is 0 Å². The molecule has 3 aromatic rings. The highest BCUT2D eigenvalue weighted by Gasteiger charge is 2.10. The van der Waals surface area contributed by atoms with Crippen LogP contribution in [0.2, 0.25) is 0 Å². The van der Waals surface area contributed by atoms with Gasteiger partial charge < -0.3 is 0 Å². The number of hydrogen-bond acceptors (Lipinski definition) is 1. The lowest BCUT2D eigenvalue weighted by atomic mass is 10.1. The molecule has 21 heavy (non-hydrogen) atoms. The van der Waals surface area contributed by atoms with E-state index in [0.29, 0.717) is 6.04 Å². The third kappa shape index (κ3) is 3.19. The number of hydrogen-bond donors (Lipinski definition) is 1. The first-order chi connectivity index (χ1) is 10.2. The molecular weight excluding hydrogens is 258 g/mol. The lowest BCUT2D eigenvalue weighted by molar-refractivity contribution is -0.715. The predicted molar refractivity (Wildman–Crippen MR) is 83.9 cm³/mol. The van der Waals surface area contributed by atoms with E-state index in [4.69, 9.17) is 0 Å². The number of nitrogens with one attached hydrogen (secondary N) is 1. The molecule has 0 atom stereocenters. The van der Waals surface area contributed by atoms with Crippen LogP contribution in [0.4, 0.5) is 0 Å². The molecule has 2 heterocycles. The van der Waals surface area contributed by atoms with Gasteiger partial charge in [0.25, 0.3) is 0 Å². The zero-order valence-corrected chi connectivity index (χ0v) is 12.5. The van der Waals surface area contributed by atoms with E-state index in [2.05, 4.69) is 83.5 Å². The molecule has 0 radical (unpaired) electrons. The minimum atomic E-state index is 0.455. The monoisotopic (exact) mass is 278 g/mol. The Morgan fingerprint density at radius 1 is 1.10 bits per heavy atom. The topological polar surface area (TPSA) is 32.6 Å². The van der Waals surface area contributed by atoms with Crippen molar-refractivity contribution < 1.29 is 4.57 Å². The molecule has 0 fully saturated rings. The summed E-state index contributed by atoms with van der Waals surface area (Å²) in [6, 6.07) is 17.2. The molecule has 0 aliphatic heterocycles. The summed E-state index contributed by atoms with van der Waals surface area (Å²) in [5.41, 5.74) is 4.57. The first-order valence-electron chi connectivity index (χ1n) is 7.32. The number of rotatable bonds is 4. The first-order valence-corrected chi connectivity index (χ1v) is 7.32. The van der Waals surface area contributed by atoms with Gasteiger partial charge in [-0.3, -0.25) is 5.10 Å². The fourth-order valence-corrected chi connectivity index (χ4v) is 2.38. The molecular formula is C18H20N3+. The maximum atomic E-state index is 4.43. The van der Waals surface area contributed by atoms with Gasteiger partial charge in [0.1, 0.15) is 0 Å². The molecule has 0 aliphatic rings. The van der Waals surface area contributed by atoms with Crippen LogP contribution in [0.15, 0.2) is 60.9 Å². The average Bonchev–Trinajstić information content (AvgIpc) is 2.97. The molecule has 0 aliphatic carbocycles. The van der Waals surface area contributed by atoms with Crippen molar-refractivity contribution in [1.29, 1.82) is 0 Å². The van der Waals surface area contributed by atoms with Gasteiger partial charge in [0.15, 0.2) is 18.4 Å². The van der Waals surface area contributed by atoms with Crippen LogP contribution >= 0.6 is 0 Å². The molecule has 0 amide bonds. The standard InChI is InChI=1S/C18H20N3/c1-14(2)21-10-6-9-16(13-21)18-12-17(19-20-18)11-15-7-4-3-5-8-15/h3-10,12-14H,11H2,1-2H3,(H,19,20)/q+1. The molecule has 2 aromatic heterocycles. The Hall–Kier alpha value is -2.42. The zero-order chi connectivity index (χ0) is 14.7. The van der Waals surface area contributed by atoms with E-state index in [1.807, 2.05) is 6.07 Å². The van der Waals surface area contributed by atoms with Gasteiger partial charge in [-0.1, -0.05) is 30.3 Å². The molecule has 0 spiro atoms. The Bertz CT molecular complexity index is 714. The zero-order valence-electron chi connectivity index (χ0n) is 12.5. The number of aromatic nitrogens is 3. The fourth-order valence-electron chi connectivity index (χ4n) is 2.38. The van der Waals surface area contributed by atoms with Crippen molar-refractivity contribution in [2.24, 2.45) is 0 Å². The molecule has 1 N–H and O–H groups in total. The van der Waals surface area contributed by atoms with Crippen molar-refractivity contribution >= 4 is 0 Å². The quantitative estimate of drug-likeness (QED) is 0.727. The summed E-state index contributed by atoms with van der Waals surface area (Å²) in [5.74, 6) is 0. The smallest absolute Gasteiger partial charge is 0.178 e. The van der Waals surface area contributed by atoms with Crippen LogP contribution in [-0.4, -0.2) is 10.2 Å². The second-order valence-corrected chi connectivity index (χ2v) is 5.57. The second-order valence-electron chi connectivity index (χ2n) is 5.57. The number of H-pyrrole nitrogens is 1. The average molecular weight is 278 g/mol. The summed E-state index contributed by atoms with van der Waals surface area (Å²) in [4.78, 5) is 0. The number of nitrogens with zero attached hydrogens (tertiary/aromatic N) is 2. The molecule has 0 saturated heterocycles. The highest BCUT2D eigenvalue weighted by molar-refractivity contribution is 5.57. The van der Waals surface area contributed by atoms with Crippen molar-refractivity contribution in [3.8, 4) is 11.3 Å². The van der Waals surface area contributed by atoms with Crippen LogP contribution < -0.4 is 4.57 Å². The molecule has 3 rings (SSSR count). The third-order valence-electron chi connectivity index (χ3n) is 3.59. The Kier molecular flexibility index (Phi) is 3.82. The predicted octanol–water partition coefficient (Wildman–Crippen LogP) is 3.54. The van der Waals surface area contributed by atoms with Gasteiger partial charge >= 0.3 is 0 Å². The largest absolute Gasteiger partial charge is 0.277 e. The van der Waals surface area contributed by atoms with Crippen molar-refractivity contribution in [3.63, 3.8) is 0 Å². The molecule has 1 aromatic carbocycles. The normalized spacial score (nSPS) is 11.0. The van der Waals surface area contributed by atoms with E-state index < -0.39 is 0 Å². The Morgan fingerprint density at radius 2 is 1.90 bits per heavy atom. The molecule has 0 unspecified atom stereocenters. The van der Waals surface area contributed by atoms with Crippen LogP contribution in [0, 0.1) is 0 Å². The van der Waals surface area contributed by atoms with Gasteiger partial charge in [0.05, 0.1) is 17.0 Å². The van der Waals surface area contributed by atoms with E-state index in [9.17, 15) is 0 Å². The van der Waals surface area contributed by atoms with Gasteiger partial charge in [-0.05, 0) is 31.5 Å². The van der Waals surface area contributed by atoms with Crippen LogP contribution in [0.1, 0.15) is 31.1 Å². The van der Waals surface area contributed by atoms with Gasteiger partial charge in [0.2, 0.25) is 0 Å². The maximum Gasteiger partial charge on any atom is 0.178 e. The van der Waals surface area contributed by atoms with Gasteiger partial charge in [0, 0.05) is 12.5 Å². The number of pyridine rings is 1. The van der Waals surface area contributed by atoms with Gasteiger partial charge in [-0.25, -0.2) is 4.57 Å². The Morgan fingerprint density at radius 3 is 2.67 bits per heavy atom. The summed E-state index contributed by atoms with van der Waals surface area (Å²) in [5, 5.41) is 7.57. The lowest BCUT2D eigenvalue weighted by Gasteiger charge is -2.01. The van der Waals surface area contributed by atoms with Crippen molar-refractivity contribution in [2.45, 2.75) is 26.3 Å². The Labute approximate surface area is 125 Å². The molecule has 106 valence electrons. The summed E-state index contributed by atoms with van der Waals surface area (Å²) < 4.78 is 2.20. The summed E-state index contributed by atoms with van der Waals surface area (Å²) >= 11 is 0. The van der Waals surface area contributed by atoms with Crippen LogP contribution in [0.25, 0.3) is 11.3 Å². The second kappa shape index (κ2) is 5.92. The van der Waals surface area contributed by atoms with Crippen LogP contribution in [0.5, 0.6) is 0 Å². The third-order valence-corrected chi connectivity index (χ3v) is 3.59. The Balaban J connectivity index is 1.83. The summed E-state index contributed by atoms with van der Waals surface area (Å²) in [6.45, 7) is 4.36. The van der Waals surface area contributed by atoms with E-state index in [-0.39, 0.29) is 0 Å². The van der Waals surface area contributed by atoms with E-state index >= 15 is 0 Å². The highest BCUT2D eigenvalue weighted by atomic mass is 15.1. The number of aromatic amines is 1. The van der Waals surface area contributed by atoms with Crippen molar-refractivity contribution in [3.05, 3.63) is 72.2 Å². The molecule has 3 heteroatoms.